The van der Waals surface area contributed by atoms with Gasteiger partial charge in [0, 0.05) is 25.7 Å². The van der Waals surface area contributed by atoms with Gasteiger partial charge in [-0.3, -0.25) is 0 Å². The Morgan fingerprint density at radius 1 is 1.33 bits per heavy atom. The van der Waals surface area contributed by atoms with E-state index in [0.717, 1.165) is 30.4 Å². The van der Waals surface area contributed by atoms with Crippen molar-refractivity contribution in [3.8, 4) is 0 Å². The number of nitrogens with zero attached hydrogens (tertiary/aromatic N) is 1. The van der Waals surface area contributed by atoms with Gasteiger partial charge in [-0.25, -0.2) is 8.42 Å². The van der Waals surface area contributed by atoms with Crippen molar-refractivity contribution in [1.82, 2.24) is 9.62 Å². The van der Waals surface area contributed by atoms with E-state index in [2.05, 4.69) is 19.2 Å². The molecule has 1 fully saturated rings. The molecule has 5 heteroatoms. The van der Waals surface area contributed by atoms with Gasteiger partial charge in [-0.1, -0.05) is 26.3 Å². The molecular formula is C16H26N2O2S. The van der Waals surface area contributed by atoms with E-state index in [9.17, 15) is 8.42 Å². The van der Waals surface area contributed by atoms with Crippen molar-refractivity contribution >= 4 is 10.0 Å². The van der Waals surface area contributed by atoms with Gasteiger partial charge >= 0.3 is 0 Å². The summed E-state index contributed by atoms with van der Waals surface area (Å²) in [5, 5.41) is 3.35. The van der Waals surface area contributed by atoms with Crippen LogP contribution >= 0.6 is 0 Å². The largest absolute Gasteiger partial charge is 0.310 e. The summed E-state index contributed by atoms with van der Waals surface area (Å²) in [4.78, 5) is 0.406. The molecule has 118 valence electrons. The lowest BCUT2D eigenvalue weighted by atomic mass is 9.94. The Bertz CT molecular complexity index is 592. The van der Waals surface area contributed by atoms with E-state index in [0.29, 0.717) is 17.5 Å². The van der Waals surface area contributed by atoms with Crippen molar-refractivity contribution in [1.29, 1.82) is 0 Å². The van der Waals surface area contributed by atoms with Crippen molar-refractivity contribution in [3.63, 3.8) is 0 Å². The zero-order valence-electron chi connectivity index (χ0n) is 13.4. The molecule has 0 aliphatic heterocycles. The van der Waals surface area contributed by atoms with Gasteiger partial charge in [0.25, 0.3) is 0 Å². The fourth-order valence-electron chi connectivity index (χ4n) is 2.43. The number of benzene rings is 1. The smallest absolute Gasteiger partial charge is 0.243 e. The monoisotopic (exact) mass is 310 g/mol. The fourth-order valence-corrected chi connectivity index (χ4v) is 3.89. The molecule has 0 radical (unpaired) electrons. The number of rotatable bonds is 6. The Morgan fingerprint density at radius 2 is 2.00 bits per heavy atom. The number of nitrogens with one attached hydrogen (secondary N) is 1. The molecule has 1 N–H and O–H groups in total. The molecule has 0 aromatic heterocycles. The summed E-state index contributed by atoms with van der Waals surface area (Å²) in [5.41, 5.74) is 2.17. The average Bonchev–Trinajstić information content (AvgIpc) is 2.35. The number of hydrogen-bond acceptors (Lipinski definition) is 3. The van der Waals surface area contributed by atoms with Crippen molar-refractivity contribution in [2.24, 2.45) is 0 Å². The normalized spacial score (nSPS) is 16.5. The van der Waals surface area contributed by atoms with Gasteiger partial charge in [0.1, 0.15) is 0 Å². The minimum atomic E-state index is -3.37. The third-order valence-corrected chi connectivity index (χ3v) is 6.19. The molecule has 1 aliphatic rings. The molecule has 4 nitrogen and oxygen atoms in total. The Kier molecular flexibility index (Phi) is 5.07. The zero-order chi connectivity index (χ0) is 15.6. The molecule has 1 aromatic rings. The lowest BCUT2D eigenvalue weighted by Crippen LogP contribution is -2.41. The van der Waals surface area contributed by atoms with Crippen molar-refractivity contribution in [3.05, 3.63) is 29.3 Å². The highest BCUT2D eigenvalue weighted by molar-refractivity contribution is 7.89. The van der Waals surface area contributed by atoms with Crippen LogP contribution in [0.3, 0.4) is 0 Å². The van der Waals surface area contributed by atoms with Crippen molar-refractivity contribution < 1.29 is 8.42 Å². The van der Waals surface area contributed by atoms with Gasteiger partial charge in [-0.15, -0.1) is 0 Å². The van der Waals surface area contributed by atoms with E-state index in [1.165, 1.54) is 0 Å². The molecule has 0 amide bonds. The van der Waals surface area contributed by atoms with Crippen LogP contribution in [0.25, 0.3) is 0 Å². The van der Waals surface area contributed by atoms with Gasteiger partial charge in [-0.2, -0.15) is 4.31 Å². The predicted octanol–water partition coefficient (Wildman–Crippen LogP) is 2.67. The predicted molar refractivity (Wildman–Crippen MR) is 85.7 cm³/mol. The first-order chi connectivity index (χ1) is 9.82. The van der Waals surface area contributed by atoms with Gasteiger partial charge in [0.2, 0.25) is 10.0 Å². The van der Waals surface area contributed by atoms with E-state index < -0.39 is 10.0 Å². The van der Waals surface area contributed by atoms with Crippen LogP contribution in [0.5, 0.6) is 0 Å². The number of sulfonamides is 1. The summed E-state index contributed by atoms with van der Waals surface area (Å²) < 4.78 is 26.9. The van der Waals surface area contributed by atoms with Crippen LogP contribution in [0.2, 0.25) is 0 Å². The van der Waals surface area contributed by atoms with E-state index >= 15 is 0 Å². The lowest BCUT2D eigenvalue weighted by Gasteiger charge is -2.33. The SMILES string of the molecule is Cc1ccc(S(=O)(=O)N(C)C2CCC2)cc1CNC(C)C. The summed E-state index contributed by atoms with van der Waals surface area (Å²) >= 11 is 0. The zero-order valence-corrected chi connectivity index (χ0v) is 14.2. The first-order valence-electron chi connectivity index (χ1n) is 7.63. The first-order valence-corrected chi connectivity index (χ1v) is 9.07. The highest BCUT2D eigenvalue weighted by atomic mass is 32.2. The second-order valence-corrected chi connectivity index (χ2v) is 8.23. The summed E-state index contributed by atoms with van der Waals surface area (Å²) in [6, 6.07) is 5.99. The topological polar surface area (TPSA) is 49.4 Å². The Balaban J connectivity index is 2.24. The van der Waals surface area contributed by atoms with Crippen LogP contribution < -0.4 is 5.32 Å². The van der Waals surface area contributed by atoms with Crippen molar-refractivity contribution in [2.45, 2.75) is 63.6 Å². The highest BCUT2D eigenvalue weighted by Gasteiger charge is 2.31. The Labute approximate surface area is 128 Å². The maximum atomic E-state index is 12.7. The van der Waals surface area contributed by atoms with Gasteiger partial charge < -0.3 is 5.32 Å². The van der Waals surface area contributed by atoms with E-state index in [4.69, 9.17) is 0 Å². The van der Waals surface area contributed by atoms with Gasteiger partial charge in [0.15, 0.2) is 0 Å². The second-order valence-electron chi connectivity index (χ2n) is 6.23. The highest BCUT2D eigenvalue weighted by Crippen LogP contribution is 2.29. The van der Waals surface area contributed by atoms with Crippen LogP contribution in [-0.2, 0) is 16.6 Å². The summed E-state index contributed by atoms with van der Waals surface area (Å²) in [6.07, 6.45) is 3.08. The molecule has 1 aromatic carbocycles. The van der Waals surface area contributed by atoms with Crippen LogP contribution in [0.4, 0.5) is 0 Å². The molecule has 0 unspecified atom stereocenters. The average molecular weight is 310 g/mol. The van der Waals surface area contributed by atoms with Gasteiger partial charge in [0.05, 0.1) is 4.90 Å². The number of aryl methyl sites for hydroxylation is 1. The third-order valence-electron chi connectivity index (χ3n) is 4.29. The van der Waals surface area contributed by atoms with Crippen LogP contribution in [0, 0.1) is 6.92 Å². The van der Waals surface area contributed by atoms with Crippen LogP contribution in [0.15, 0.2) is 23.1 Å². The maximum absolute atomic E-state index is 12.7. The Morgan fingerprint density at radius 3 is 2.52 bits per heavy atom. The fraction of sp³-hybridized carbons (Fsp3) is 0.625. The Hall–Kier alpha value is -0.910. The standard InChI is InChI=1S/C16H26N2O2S/c1-12(2)17-11-14-10-16(9-8-13(14)3)21(19,20)18(4)15-6-5-7-15/h8-10,12,15,17H,5-7,11H2,1-4H3. The second kappa shape index (κ2) is 6.46. The summed E-state index contributed by atoms with van der Waals surface area (Å²) in [5.74, 6) is 0. The minimum Gasteiger partial charge on any atom is -0.310 e. The van der Waals surface area contributed by atoms with Gasteiger partial charge in [-0.05, 0) is 43.0 Å². The molecule has 0 spiro atoms. The molecule has 0 heterocycles. The van der Waals surface area contributed by atoms with Crippen LogP contribution in [-0.4, -0.2) is 31.9 Å². The third kappa shape index (κ3) is 3.65. The molecular weight excluding hydrogens is 284 g/mol. The maximum Gasteiger partial charge on any atom is 0.243 e. The first kappa shape index (κ1) is 16.5. The molecule has 1 aliphatic carbocycles. The lowest BCUT2D eigenvalue weighted by molar-refractivity contribution is 0.249. The summed E-state index contributed by atoms with van der Waals surface area (Å²) in [7, 11) is -1.67. The van der Waals surface area contributed by atoms with E-state index in [1.807, 2.05) is 19.1 Å². The molecule has 0 saturated heterocycles. The van der Waals surface area contributed by atoms with E-state index in [1.54, 1.807) is 17.4 Å². The molecule has 1 saturated carbocycles. The van der Waals surface area contributed by atoms with Crippen molar-refractivity contribution in [2.75, 3.05) is 7.05 Å². The molecule has 0 atom stereocenters. The minimum absolute atomic E-state index is 0.175. The molecule has 0 bridgehead atoms. The molecule has 21 heavy (non-hydrogen) atoms. The summed E-state index contributed by atoms with van der Waals surface area (Å²) in [6.45, 7) is 6.88. The van der Waals surface area contributed by atoms with E-state index in [-0.39, 0.29) is 6.04 Å². The molecule has 2 rings (SSSR count). The quantitative estimate of drug-likeness (QED) is 0.879. The van der Waals surface area contributed by atoms with Crippen LogP contribution in [0.1, 0.15) is 44.2 Å². The number of hydrogen-bond donors (Lipinski definition) is 1.